The van der Waals surface area contributed by atoms with Crippen LogP contribution in [0.2, 0.25) is 0 Å². The summed E-state index contributed by atoms with van der Waals surface area (Å²) in [5, 5.41) is 6.33. The van der Waals surface area contributed by atoms with Crippen molar-refractivity contribution in [3.63, 3.8) is 0 Å². The monoisotopic (exact) mass is 408 g/mol. The average Bonchev–Trinajstić information content (AvgIpc) is 3.11. The zero-order chi connectivity index (χ0) is 14.2. The van der Waals surface area contributed by atoms with Crippen LogP contribution in [0.15, 0.2) is 4.99 Å². The van der Waals surface area contributed by atoms with Gasteiger partial charge in [0, 0.05) is 39.6 Å². The minimum Gasteiger partial charge on any atom is -0.354 e. The molecule has 0 aromatic rings. The fourth-order valence-corrected chi connectivity index (χ4v) is 3.19. The summed E-state index contributed by atoms with van der Waals surface area (Å²) in [7, 11) is 1.82. The van der Waals surface area contributed by atoms with E-state index in [-0.39, 0.29) is 29.9 Å². The minimum absolute atomic E-state index is 0. The van der Waals surface area contributed by atoms with E-state index in [1.807, 2.05) is 7.05 Å². The molecule has 0 atom stereocenters. The Hall–Kier alpha value is -0.530. The molecule has 5 nitrogen and oxygen atoms in total. The molecular weight excluding hydrogens is 379 g/mol. The van der Waals surface area contributed by atoms with Gasteiger partial charge in [-0.05, 0) is 31.6 Å². The Bertz CT molecular complexity index is 337. The van der Waals surface area contributed by atoms with Gasteiger partial charge in [-0.25, -0.2) is 0 Å². The average molecular weight is 408 g/mol. The summed E-state index contributed by atoms with van der Waals surface area (Å²) < 4.78 is 0. The van der Waals surface area contributed by atoms with Crippen molar-refractivity contribution >= 4 is 35.8 Å². The lowest BCUT2D eigenvalue weighted by molar-refractivity contribution is -0.121. The van der Waals surface area contributed by atoms with Gasteiger partial charge in [0.05, 0.1) is 0 Å². The normalized spacial score (nSPS) is 19.5. The Balaban J connectivity index is 0.00000220. The minimum atomic E-state index is 0. The highest BCUT2D eigenvalue weighted by Crippen LogP contribution is 2.27. The lowest BCUT2D eigenvalue weighted by Crippen LogP contribution is -2.43. The third-order valence-electron chi connectivity index (χ3n) is 4.30. The van der Waals surface area contributed by atoms with Crippen LogP contribution in [0.5, 0.6) is 0 Å². The highest BCUT2D eigenvalue weighted by molar-refractivity contribution is 14.0. The van der Waals surface area contributed by atoms with E-state index in [0.29, 0.717) is 18.9 Å². The van der Waals surface area contributed by atoms with Crippen molar-refractivity contribution in [3.05, 3.63) is 0 Å². The maximum absolute atomic E-state index is 11.8. The number of hydrogen-bond donors (Lipinski definition) is 2. The van der Waals surface area contributed by atoms with E-state index in [0.717, 1.165) is 25.6 Å². The first kappa shape index (κ1) is 18.5. The number of likely N-dealkylation sites (tertiary alicyclic amines) is 1. The third kappa shape index (κ3) is 6.40. The topological polar surface area (TPSA) is 56.7 Å². The molecule has 2 N–H and O–H groups in total. The molecule has 2 aliphatic rings. The number of guanidine groups is 1. The Morgan fingerprint density at radius 2 is 1.71 bits per heavy atom. The van der Waals surface area contributed by atoms with Crippen molar-refractivity contribution in [2.75, 3.05) is 33.2 Å². The molecule has 2 fully saturated rings. The predicted molar refractivity (Wildman–Crippen MR) is 97.2 cm³/mol. The van der Waals surface area contributed by atoms with Crippen molar-refractivity contribution < 1.29 is 4.79 Å². The summed E-state index contributed by atoms with van der Waals surface area (Å²) in [6, 6.07) is 0. The second-order valence-corrected chi connectivity index (χ2v) is 5.87. The number of carbonyl (C=O) groups excluding carboxylic acids is 1. The van der Waals surface area contributed by atoms with Gasteiger partial charge in [-0.15, -0.1) is 24.0 Å². The molecule has 1 amide bonds. The number of halogens is 1. The molecule has 0 radical (unpaired) electrons. The van der Waals surface area contributed by atoms with E-state index in [1.54, 1.807) is 0 Å². The zero-order valence-corrected chi connectivity index (χ0v) is 15.4. The summed E-state index contributed by atoms with van der Waals surface area (Å²) in [6.45, 7) is 3.61. The van der Waals surface area contributed by atoms with Crippen molar-refractivity contribution in [3.8, 4) is 0 Å². The molecule has 0 bridgehead atoms. The second kappa shape index (κ2) is 10.2. The fraction of sp³-hybridized carbons (Fsp3) is 0.867. The van der Waals surface area contributed by atoms with Gasteiger partial charge in [0.2, 0.25) is 5.91 Å². The summed E-state index contributed by atoms with van der Waals surface area (Å²) >= 11 is 0. The van der Waals surface area contributed by atoms with Crippen molar-refractivity contribution in [2.24, 2.45) is 10.9 Å². The number of rotatable bonds is 5. The van der Waals surface area contributed by atoms with Gasteiger partial charge in [0.1, 0.15) is 0 Å². The molecule has 21 heavy (non-hydrogen) atoms. The van der Waals surface area contributed by atoms with Gasteiger partial charge in [0.25, 0.3) is 0 Å². The van der Waals surface area contributed by atoms with Crippen LogP contribution < -0.4 is 10.6 Å². The summed E-state index contributed by atoms with van der Waals surface area (Å²) in [4.78, 5) is 18.4. The number of hydrogen-bond acceptors (Lipinski definition) is 2. The Morgan fingerprint density at radius 1 is 1.10 bits per heavy atom. The molecule has 1 saturated carbocycles. The lowest BCUT2D eigenvalue weighted by atomic mass is 10.0. The smallest absolute Gasteiger partial charge is 0.220 e. The molecule has 1 saturated heterocycles. The Morgan fingerprint density at radius 3 is 2.33 bits per heavy atom. The number of amides is 1. The molecule has 122 valence electrons. The third-order valence-corrected chi connectivity index (χ3v) is 4.30. The summed E-state index contributed by atoms with van der Waals surface area (Å²) in [5.74, 6) is 1.79. The van der Waals surface area contributed by atoms with Crippen LogP contribution in [-0.4, -0.2) is 50.0 Å². The molecule has 1 heterocycles. The fourth-order valence-electron chi connectivity index (χ4n) is 3.19. The van der Waals surface area contributed by atoms with Gasteiger partial charge < -0.3 is 15.5 Å². The van der Waals surface area contributed by atoms with Gasteiger partial charge in [-0.1, -0.05) is 12.8 Å². The van der Waals surface area contributed by atoms with Crippen molar-refractivity contribution in [1.29, 1.82) is 0 Å². The van der Waals surface area contributed by atoms with E-state index in [2.05, 4.69) is 20.5 Å². The number of carbonyl (C=O) groups is 1. The molecule has 0 aromatic heterocycles. The molecule has 6 heteroatoms. The molecule has 2 rings (SSSR count). The van der Waals surface area contributed by atoms with Crippen molar-refractivity contribution in [2.45, 2.75) is 44.9 Å². The van der Waals surface area contributed by atoms with Crippen molar-refractivity contribution in [1.82, 2.24) is 15.5 Å². The molecule has 1 aliphatic carbocycles. The first-order valence-corrected chi connectivity index (χ1v) is 8.02. The summed E-state index contributed by atoms with van der Waals surface area (Å²) in [6.07, 6.45) is 8.26. The molecule has 0 unspecified atom stereocenters. The highest BCUT2D eigenvalue weighted by atomic mass is 127. The number of nitrogens with zero attached hydrogens (tertiary/aromatic N) is 2. The molecule has 0 aromatic carbocycles. The maximum atomic E-state index is 11.8. The van der Waals surface area contributed by atoms with Gasteiger partial charge in [-0.2, -0.15) is 0 Å². The van der Waals surface area contributed by atoms with E-state index in [9.17, 15) is 4.79 Å². The number of aliphatic imine (C=N–C) groups is 1. The number of nitrogens with one attached hydrogen (secondary N) is 2. The zero-order valence-electron chi connectivity index (χ0n) is 13.1. The summed E-state index contributed by atoms with van der Waals surface area (Å²) in [5.41, 5.74) is 0. The molecular formula is C15H29IN4O. The predicted octanol–water partition coefficient (Wildman–Crippen LogP) is 1.97. The van der Waals surface area contributed by atoms with Crippen LogP contribution in [0.25, 0.3) is 0 Å². The van der Waals surface area contributed by atoms with Crippen LogP contribution in [0, 0.1) is 5.92 Å². The first-order chi connectivity index (χ1) is 9.79. The van der Waals surface area contributed by atoms with E-state index < -0.39 is 0 Å². The van der Waals surface area contributed by atoms with E-state index >= 15 is 0 Å². The molecule has 1 aliphatic heterocycles. The SMILES string of the molecule is CN=C(NCCNC(=O)CC1CCCC1)N1CCCC1.I. The van der Waals surface area contributed by atoms with Crippen LogP contribution in [0.1, 0.15) is 44.9 Å². The standard InChI is InChI=1S/C15H28N4O.HI/c1-16-15(19-10-4-5-11-19)18-9-8-17-14(20)12-13-6-2-3-7-13;/h13H,2-12H2,1H3,(H,16,18)(H,17,20);1H. The highest BCUT2D eigenvalue weighted by Gasteiger charge is 2.18. The largest absolute Gasteiger partial charge is 0.354 e. The first-order valence-electron chi connectivity index (χ1n) is 8.02. The van der Waals surface area contributed by atoms with E-state index in [4.69, 9.17) is 0 Å². The maximum Gasteiger partial charge on any atom is 0.220 e. The second-order valence-electron chi connectivity index (χ2n) is 5.87. The van der Waals surface area contributed by atoms with E-state index in [1.165, 1.54) is 38.5 Å². The van der Waals surface area contributed by atoms with Gasteiger partial charge >= 0.3 is 0 Å². The Labute approximate surface area is 145 Å². The van der Waals surface area contributed by atoms with Crippen LogP contribution in [-0.2, 0) is 4.79 Å². The Kier molecular flexibility index (Phi) is 9.03. The van der Waals surface area contributed by atoms with Gasteiger partial charge in [-0.3, -0.25) is 9.79 Å². The lowest BCUT2D eigenvalue weighted by Gasteiger charge is -2.20. The van der Waals surface area contributed by atoms with Crippen LogP contribution >= 0.6 is 24.0 Å². The molecule has 0 spiro atoms. The quantitative estimate of drug-likeness (QED) is 0.317. The van der Waals surface area contributed by atoms with Gasteiger partial charge in [0.15, 0.2) is 5.96 Å². The van der Waals surface area contributed by atoms with Crippen LogP contribution in [0.3, 0.4) is 0 Å². The van der Waals surface area contributed by atoms with Crippen LogP contribution in [0.4, 0.5) is 0 Å².